The van der Waals surface area contributed by atoms with Gasteiger partial charge < -0.3 is 4.98 Å². The van der Waals surface area contributed by atoms with Crippen LogP contribution in [0.1, 0.15) is 30.3 Å². The first-order chi connectivity index (χ1) is 13.0. The summed E-state index contributed by atoms with van der Waals surface area (Å²) in [4.78, 5) is 28.3. The summed E-state index contributed by atoms with van der Waals surface area (Å²) in [6, 6.07) is 10.1. The van der Waals surface area contributed by atoms with Crippen LogP contribution < -0.4 is 10.6 Å². The number of guanidine groups is 1. The highest BCUT2D eigenvalue weighted by molar-refractivity contribution is 6.03. The Kier molecular flexibility index (Phi) is 5.80. The fraction of sp³-hybridized carbons (Fsp3) is 0.300. The van der Waals surface area contributed by atoms with E-state index in [1.807, 2.05) is 44.3 Å². The SMILES string of the molecule is CCC(=O)NC(=NCCc1c[nH]c2ccccc12)Nc1nc(C)cc(C)n1. The van der Waals surface area contributed by atoms with Gasteiger partial charge in [-0.25, -0.2) is 9.97 Å². The minimum absolute atomic E-state index is 0.113. The molecule has 0 atom stereocenters. The van der Waals surface area contributed by atoms with Crippen LogP contribution >= 0.6 is 0 Å². The van der Waals surface area contributed by atoms with Crippen LogP contribution in [0, 0.1) is 13.8 Å². The molecule has 0 aliphatic rings. The zero-order chi connectivity index (χ0) is 19.2. The summed E-state index contributed by atoms with van der Waals surface area (Å²) < 4.78 is 0. The van der Waals surface area contributed by atoms with Crippen LogP contribution in [0.4, 0.5) is 5.95 Å². The lowest BCUT2D eigenvalue weighted by Gasteiger charge is -2.11. The first-order valence-electron chi connectivity index (χ1n) is 9.03. The molecule has 0 radical (unpaired) electrons. The zero-order valence-corrected chi connectivity index (χ0v) is 15.8. The third kappa shape index (κ3) is 4.91. The summed E-state index contributed by atoms with van der Waals surface area (Å²) in [5, 5.41) is 7.01. The summed E-state index contributed by atoms with van der Waals surface area (Å²) in [6.45, 7) is 6.13. The second kappa shape index (κ2) is 8.44. The number of anilines is 1. The van der Waals surface area contributed by atoms with Gasteiger partial charge in [0.1, 0.15) is 0 Å². The molecule has 2 aromatic heterocycles. The van der Waals surface area contributed by atoms with Gasteiger partial charge in [0.15, 0.2) is 0 Å². The van der Waals surface area contributed by atoms with Gasteiger partial charge in [-0.1, -0.05) is 25.1 Å². The molecule has 3 N–H and O–H groups in total. The van der Waals surface area contributed by atoms with Crippen LogP contribution in [0.5, 0.6) is 0 Å². The number of nitrogens with one attached hydrogen (secondary N) is 3. The van der Waals surface area contributed by atoms with Crippen LogP contribution in [-0.2, 0) is 11.2 Å². The van der Waals surface area contributed by atoms with E-state index in [2.05, 4.69) is 36.6 Å². The molecule has 3 aromatic rings. The van der Waals surface area contributed by atoms with Crippen molar-refractivity contribution < 1.29 is 4.79 Å². The monoisotopic (exact) mass is 364 g/mol. The minimum atomic E-state index is -0.113. The predicted octanol–water partition coefficient (Wildman–Crippen LogP) is 3.11. The molecule has 27 heavy (non-hydrogen) atoms. The molecule has 1 aromatic carbocycles. The summed E-state index contributed by atoms with van der Waals surface area (Å²) >= 11 is 0. The maximum Gasteiger partial charge on any atom is 0.229 e. The normalized spacial score (nSPS) is 11.6. The lowest BCUT2D eigenvalue weighted by molar-refractivity contribution is -0.119. The third-order valence-corrected chi connectivity index (χ3v) is 4.12. The molecular weight excluding hydrogens is 340 g/mol. The fourth-order valence-corrected chi connectivity index (χ4v) is 2.85. The number of H-pyrrole nitrogens is 1. The standard InChI is InChI=1S/C20H24N6O/c1-4-18(27)25-19(26-20-23-13(2)11-14(3)24-20)21-10-9-15-12-22-17-8-6-5-7-16(15)17/h5-8,11-12,22H,4,9-10H2,1-3H3,(H2,21,23,24,25,26,27). The van der Waals surface area contributed by atoms with Crippen molar-refractivity contribution in [1.82, 2.24) is 20.3 Å². The highest BCUT2D eigenvalue weighted by Gasteiger charge is 2.08. The molecule has 1 amide bonds. The Morgan fingerprint density at radius 1 is 1.19 bits per heavy atom. The summed E-state index contributed by atoms with van der Waals surface area (Å²) in [7, 11) is 0. The number of rotatable bonds is 5. The first kappa shape index (κ1) is 18.6. The molecule has 7 nitrogen and oxygen atoms in total. The molecule has 0 saturated carbocycles. The Morgan fingerprint density at radius 3 is 2.67 bits per heavy atom. The number of benzene rings is 1. The van der Waals surface area contributed by atoms with Crippen molar-refractivity contribution >= 4 is 28.7 Å². The quantitative estimate of drug-likeness (QED) is 0.479. The largest absolute Gasteiger partial charge is 0.361 e. The molecule has 0 aliphatic heterocycles. The molecule has 0 spiro atoms. The number of nitrogens with zero attached hydrogens (tertiary/aromatic N) is 3. The molecule has 0 bridgehead atoms. The maximum absolute atomic E-state index is 11.8. The van der Waals surface area contributed by atoms with Gasteiger partial charge in [0, 0.05) is 41.5 Å². The van der Waals surface area contributed by atoms with Crippen LogP contribution in [0.25, 0.3) is 10.9 Å². The van der Waals surface area contributed by atoms with E-state index in [1.165, 1.54) is 10.9 Å². The topological polar surface area (TPSA) is 95.1 Å². The van der Waals surface area contributed by atoms with E-state index in [1.54, 1.807) is 6.92 Å². The highest BCUT2D eigenvalue weighted by atomic mass is 16.1. The van der Waals surface area contributed by atoms with Gasteiger partial charge in [0.25, 0.3) is 0 Å². The molecule has 2 heterocycles. The zero-order valence-electron chi connectivity index (χ0n) is 15.8. The maximum atomic E-state index is 11.8. The molecule has 7 heteroatoms. The van der Waals surface area contributed by atoms with Crippen LogP contribution in [0.2, 0.25) is 0 Å². The van der Waals surface area contributed by atoms with E-state index < -0.39 is 0 Å². The molecule has 3 rings (SSSR count). The smallest absolute Gasteiger partial charge is 0.229 e. The lowest BCUT2D eigenvalue weighted by atomic mass is 10.1. The molecule has 0 unspecified atom stereocenters. The van der Waals surface area contributed by atoms with Crippen molar-refractivity contribution in [2.45, 2.75) is 33.6 Å². The Morgan fingerprint density at radius 2 is 1.93 bits per heavy atom. The number of aryl methyl sites for hydroxylation is 2. The third-order valence-electron chi connectivity index (χ3n) is 4.12. The average Bonchev–Trinajstić information content (AvgIpc) is 3.04. The van der Waals surface area contributed by atoms with Gasteiger partial charge in [0.05, 0.1) is 0 Å². The molecule has 140 valence electrons. The Labute approximate surface area is 158 Å². The Hall–Kier alpha value is -3.22. The van der Waals surface area contributed by atoms with Crippen molar-refractivity contribution in [3.05, 3.63) is 53.5 Å². The summed E-state index contributed by atoms with van der Waals surface area (Å²) in [5.74, 6) is 0.680. The van der Waals surface area contributed by atoms with Crippen LogP contribution in [-0.4, -0.2) is 33.4 Å². The fourth-order valence-electron chi connectivity index (χ4n) is 2.85. The van der Waals surface area contributed by atoms with Gasteiger partial charge in [-0.2, -0.15) is 0 Å². The summed E-state index contributed by atoms with van der Waals surface area (Å²) in [6.07, 6.45) is 3.13. The number of fused-ring (bicyclic) bond motifs is 1. The second-order valence-corrected chi connectivity index (χ2v) is 6.34. The number of para-hydroxylation sites is 1. The van der Waals surface area contributed by atoms with Gasteiger partial charge >= 0.3 is 0 Å². The highest BCUT2D eigenvalue weighted by Crippen LogP contribution is 2.18. The molecule has 0 saturated heterocycles. The van der Waals surface area contributed by atoms with Crippen molar-refractivity contribution in [3.63, 3.8) is 0 Å². The van der Waals surface area contributed by atoms with Crippen molar-refractivity contribution in [3.8, 4) is 0 Å². The van der Waals surface area contributed by atoms with Gasteiger partial charge in [-0.3, -0.25) is 20.4 Å². The molecule has 0 fully saturated rings. The van der Waals surface area contributed by atoms with E-state index in [4.69, 9.17) is 0 Å². The van der Waals surface area contributed by atoms with Crippen molar-refractivity contribution in [1.29, 1.82) is 0 Å². The van der Waals surface area contributed by atoms with Crippen LogP contribution in [0.15, 0.2) is 41.5 Å². The predicted molar refractivity (Wildman–Crippen MR) is 108 cm³/mol. The first-order valence-corrected chi connectivity index (χ1v) is 9.03. The van der Waals surface area contributed by atoms with E-state index in [0.29, 0.717) is 24.9 Å². The number of hydrogen-bond acceptors (Lipinski definition) is 4. The van der Waals surface area contributed by atoms with Gasteiger partial charge in [-0.05, 0) is 38.0 Å². The summed E-state index contributed by atoms with van der Waals surface area (Å²) in [5.41, 5.74) is 4.01. The lowest BCUT2D eigenvalue weighted by Crippen LogP contribution is -2.36. The van der Waals surface area contributed by atoms with Crippen LogP contribution in [0.3, 0.4) is 0 Å². The van der Waals surface area contributed by atoms with Crippen molar-refractivity contribution in [2.24, 2.45) is 4.99 Å². The second-order valence-electron chi connectivity index (χ2n) is 6.34. The number of carbonyl (C=O) groups excluding carboxylic acids is 1. The number of amides is 1. The number of carbonyl (C=O) groups is 1. The number of aromatic nitrogens is 3. The van der Waals surface area contributed by atoms with Gasteiger partial charge in [-0.15, -0.1) is 0 Å². The minimum Gasteiger partial charge on any atom is -0.361 e. The number of hydrogen-bond donors (Lipinski definition) is 3. The molecule has 0 aliphatic carbocycles. The van der Waals surface area contributed by atoms with E-state index in [-0.39, 0.29) is 5.91 Å². The molecular formula is C20H24N6O. The van der Waals surface area contributed by atoms with E-state index in [0.717, 1.165) is 23.3 Å². The van der Waals surface area contributed by atoms with Gasteiger partial charge in [0.2, 0.25) is 17.8 Å². The Balaban J connectivity index is 1.74. The number of aliphatic imine (C=N–C) groups is 1. The average molecular weight is 364 g/mol. The van der Waals surface area contributed by atoms with E-state index >= 15 is 0 Å². The van der Waals surface area contributed by atoms with Crippen molar-refractivity contribution in [2.75, 3.05) is 11.9 Å². The Bertz CT molecular complexity index is 955. The number of aromatic amines is 1. The van der Waals surface area contributed by atoms with E-state index in [9.17, 15) is 4.79 Å².